The largest absolute Gasteiger partial charge is 0.386 e. The van der Waals surface area contributed by atoms with Crippen LogP contribution in [0.4, 0.5) is 0 Å². The summed E-state index contributed by atoms with van der Waals surface area (Å²) in [6, 6.07) is 16.4. The third-order valence-corrected chi connectivity index (χ3v) is 9.64. The second-order valence-electron chi connectivity index (χ2n) is 12.9. The predicted molar refractivity (Wildman–Crippen MR) is 202 cm³/mol. The number of amides is 2. The van der Waals surface area contributed by atoms with E-state index in [4.69, 9.17) is 4.18 Å². The van der Waals surface area contributed by atoms with Crippen LogP contribution in [-0.2, 0) is 54.6 Å². The maximum absolute atomic E-state index is 13.7. The predicted octanol–water partition coefficient (Wildman–Crippen LogP) is 3.07. The average molecular weight is 757 g/mol. The van der Waals surface area contributed by atoms with Gasteiger partial charge >= 0.3 is 0 Å². The second-order valence-corrected chi connectivity index (χ2v) is 14.6. The van der Waals surface area contributed by atoms with E-state index in [1.54, 1.807) is 56.7 Å². The number of benzene rings is 2. The molecule has 17 heteroatoms. The summed E-state index contributed by atoms with van der Waals surface area (Å²) < 4.78 is 39.1. The van der Waals surface area contributed by atoms with Crippen LogP contribution >= 0.6 is 0 Å². The van der Waals surface area contributed by atoms with Crippen LogP contribution in [0, 0.1) is 13.8 Å². The van der Waals surface area contributed by atoms with E-state index in [2.05, 4.69) is 20.2 Å². The number of fused-ring (bicyclic) bond motifs is 2. The van der Waals surface area contributed by atoms with Crippen molar-refractivity contribution in [3.8, 4) is 0 Å². The fourth-order valence-electron chi connectivity index (χ4n) is 6.62. The van der Waals surface area contributed by atoms with E-state index >= 15 is 0 Å². The van der Waals surface area contributed by atoms with Gasteiger partial charge in [-0.1, -0.05) is 36.4 Å². The molecular formula is C37H44N10O6S. The third-order valence-electron chi connectivity index (χ3n) is 9.08. The number of hydrogen-bond donors (Lipinski definition) is 1. The number of allylic oxidation sites excluding steroid dienone is 2. The molecule has 0 radical (unpaired) electrons. The normalized spacial score (nSPS) is 13.6. The van der Waals surface area contributed by atoms with Crippen molar-refractivity contribution in [1.82, 2.24) is 37.8 Å². The van der Waals surface area contributed by atoms with Crippen LogP contribution < -0.4 is 11.2 Å². The molecule has 1 atom stereocenters. The first kappa shape index (κ1) is 38.1. The highest BCUT2D eigenvalue weighted by molar-refractivity contribution is 7.85. The van der Waals surface area contributed by atoms with Crippen LogP contribution in [-0.4, -0.2) is 76.0 Å². The van der Waals surface area contributed by atoms with Gasteiger partial charge in [-0.15, -0.1) is 0 Å². The van der Waals surface area contributed by atoms with E-state index < -0.39 is 34.6 Å². The molecule has 54 heavy (non-hydrogen) atoms. The van der Waals surface area contributed by atoms with Crippen molar-refractivity contribution in [3.63, 3.8) is 0 Å². The lowest BCUT2D eigenvalue weighted by molar-refractivity contribution is 0.0977. The van der Waals surface area contributed by atoms with Gasteiger partial charge in [-0.2, -0.15) is 28.6 Å². The van der Waals surface area contributed by atoms with E-state index in [0.717, 1.165) is 23.0 Å². The summed E-state index contributed by atoms with van der Waals surface area (Å²) in [5.74, 6) is -0.903. The van der Waals surface area contributed by atoms with Crippen LogP contribution in [0.3, 0.4) is 0 Å². The number of carbonyl (C=O) groups is 2. The van der Waals surface area contributed by atoms with Gasteiger partial charge in [0.2, 0.25) is 11.2 Å². The van der Waals surface area contributed by atoms with Crippen LogP contribution in [0.25, 0.3) is 22.1 Å². The minimum atomic E-state index is -3.82. The zero-order chi connectivity index (χ0) is 38.9. The van der Waals surface area contributed by atoms with Crippen LogP contribution in [0.2, 0.25) is 0 Å². The van der Waals surface area contributed by atoms with Gasteiger partial charge in [0.1, 0.15) is 17.5 Å². The SMILES string of the molecule is CCn1nc(C)cc1C(=O)N=c1n(C)c2ccccc2n1C/C=C/Cn1c(=NC(=O)c2cc(C)nn2CC)n(C)c2cccc(C(O)COS(C)(=O)=O)c21. The smallest absolute Gasteiger partial charge is 0.298 e. The topological polar surface area (TPSA) is 178 Å². The highest BCUT2D eigenvalue weighted by Crippen LogP contribution is 2.25. The Morgan fingerprint density at radius 3 is 1.85 bits per heavy atom. The molecule has 6 aromatic rings. The number of aromatic nitrogens is 8. The first-order valence-electron chi connectivity index (χ1n) is 17.5. The van der Waals surface area contributed by atoms with Crippen molar-refractivity contribution in [2.24, 2.45) is 24.1 Å². The van der Waals surface area contributed by atoms with Gasteiger partial charge in [0.25, 0.3) is 21.9 Å². The van der Waals surface area contributed by atoms with Gasteiger partial charge in [-0.05, 0) is 58.0 Å². The van der Waals surface area contributed by atoms with E-state index in [-0.39, 0.29) is 6.54 Å². The van der Waals surface area contributed by atoms with Crippen molar-refractivity contribution >= 4 is 44.0 Å². The van der Waals surface area contributed by atoms with Gasteiger partial charge in [-0.25, -0.2) is 0 Å². The summed E-state index contributed by atoms with van der Waals surface area (Å²) in [6.07, 6.45) is 3.43. The second kappa shape index (κ2) is 15.4. The molecule has 2 aromatic carbocycles. The highest BCUT2D eigenvalue weighted by Gasteiger charge is 2.21. The Kier molecular flexibility index (Phi) is 10.8. The Morgan fingerprint density at radius 1 is 0.796 bits per heavy atom. The Hall–Kier alpha value is -5.65. The zero-order valence-electron chi connectivity index (χ0n) is 31.3. The molecule has 0 saturated heterocycles. The molecule has 0 spiro atoms. The Balaban J connectivity index is 1.44. The van der Waals surface area contributed by atoms with Crippen LogP contribution in [0.15, 0.2) is 76.7 Å². The number of carbonyl (C=O) groups excluding carboxylic acids is 2. The summed E-state index contributed by atoms with van der Waals surface area (Å²) in [6.45, 7) is 8.50. The summed E-state index contributed by atoms with van der Waals surface area (Å²) >= 11 is 0. The molecule has 0 saturated carbocycles. The molecule has 4 heterocycles. The molecule has 16 nitrogen and oxygen atoms in total. The van der Waals surface area contributed by atoms with Gasteiger partial charge < -0.3 is 23.4 Å². The molecule has 2 amide bonds. The fourth-order valence-corrected chi connectivity index (χ4v) is 6.99. The summed E-state index contributed by atoms with van der Waals surface area (Å²) in [4.78, 5) is 36.3. The quantitative estimate of drug-likeness (QED) is 0.146. The van der Waals surface area contributed by atoms with Gasteiger partial charge in [-0.3, -0.25) is 23.1 Å². The lowest BCUT2D eigenvalue weighted by Crippen LogP contribution is -2.27. The lowest BCUT2D eigenvalue weighted by atomic mass is 10.1. The minimum Gasteiger partial charge on any atom is -0.386 e. The maximum Gasteiger partial charge on any atom is 0.298 e. The van der Waals surface area contributed by atoms with Crippen molar-refractivity contribution in [2.75, 3.05) is 12.9 Å². The fraction of sp³-hybridized carbons (Fsp3) is 0.351. The Morgan fingerprint density at radius 2 is 1.30 bits per heavy atom. The molecule has 284 valence electrons. The molecule has 4 aromatic heterocycles. The summed E-state index contributed by atoms with van der Waals surface area (Å²) in [5.41, 5.74) is 6.24. The molecule has 0 aliphatic heterocycles. The summed E-state index contributed by atoms with van der Waals surface area (Å²) in [5, 5.41) is 20.0. The number of aryl methyl sites for hydroxylation is 6. The summed E-state index contributed by atoms with van der Waals surface area (Å²) in [7, 11) is -0.196. The molecule has 0 bridgehead atoms. The molecule has 1 unspecified atom stereocenters. The molecule has 1 N–H and O–H groups in total. The number of aliphatic hydroxyl groups excluding tert-OH is 1. The number of nitrogens with zero attached hydrogens (tertiary/aromatic N) is 10. The van der Waals surface area contributed by atoms with Crippen LogP contribution in [0.1, 0.15) is 57.9 Å². The zero-order valence-corrected chi connectivity index (χ0v) is 32.1. The van der Waals surface area contributed by atoms with Crippen molar-refractivity contribution < 1.29 is 27.3 Å². The molecule has 0 aliphatic rings. The first-order valence-corrected chi connectivity index (χ1v) is 19.3. The van der Waals surface area contributed by atoms with Crippen molar-refractivity contribution in [2.45, 2.75) is 60.0 Å². The van der Waals surface area contributed by atoms with Crippen LogP contribution in [0.5, 0.6) is 0 Å². The standard InChI is InChI=1S/C37H44N10O6S/c1-8-46-30(21-24(3)40-46)34(49)38-36-42(5)27-16-10-11-17-28(27)44(36)19-12-13-20-45-33-26(32(48)23-53-54(7,51)52)15-14-18-29(33)43(6)37(45)39-35(50)31-22-25(4)41-47(31)9-2/h10-18,21-22,32,48H,8-9,19-20,23H2,1-7H3/b13-12+,38-36?,39-37?. The number of rotatable bonds is 12. The highest BCUT2D eigenvalue weighted by atomic mass is 32.2. The Labute approximate surface area is 311 Å². The number of imidazole rings is 2. The van der Waals surface area contributed by atoms with Crippen molar-refractivity contribution in [1.29, 1.82) is 0 Å². The van der Waals surface area contributed by atoms with Crippen molar-refractivity contribution in [3.05, 3.63) is 106 Å². The van der Waals surface area contributed by atoms with Gasteiger partial charge in [0.15, 0.2) is 0 Å². The van der Waals surface area contributed by atoms with Gasteiger partial charge in [0, 0.05) is 45.8 Å². The lowest BCUT2D eigenvalue weighted by Gasteiger charge is -2.13. The van der Waals surface area contributed by atoms with E-state index in [1.165, 1.54) is 0 Å². The van der Waals surface area contributed by atoms with E-state index in [1.807, 2.05) is 79.4 Å². The first-order chi connectivity index (χ1) is 25.7. The number of aliphatic hydroxyl groups is 1. The maximum atomic E-state index is 13.7. The van der Waals surface area contributed by atoms with E-state index in [9.17, 15) is 23.1 Å². The molecule has 0 fully saturated rings. The minimum absolute atomic E-state index is 0.206. The number of hydrogen-bond acceptors (Lipinski definition) is 8. The third kappa shape index (κ3) is 7.55. The average Bonchev–Trinajstić information content (AvgIpc) is 3.87. The Bertz CT molecular complexity index is 2680. The molecule has 0 aliphatic carbocycles. The number of para-hydroxylation sites is 3. The van der Waals surface area contributed by atoms with E-state index in [0.29, 0.717) is 64.5 Å². The molecule has 6 rings (SSSR count). The molecular weight excluding hydrogens is 713 g/mol. The monoisotopic (exact) mass is 756 g/mol. The van der Waals surface area contributed by atoms with Gasteiger partial charge in [0.05, 0.1) is 46.3 Å².